The van der Waals surface area contributed by atoms with Gasteiger partial charge in [-0.25, -0.2) is 10.9 Å². The largest absolute Gasteiger partial charge is 0.484 e. The van der Waals surface area contributed by atoms with E-state index in [9.17, 15) is 22.8 Å². The first-order valence-electron chi connectivity index (χ1n) is 11.9. The van der Waals surface area contributed by atoms with Gasteiger partial charge in [-0.1, -0.05) is 17.5 Å². The van der Waals surface area contributed by atoms with Crippen LogP contribution in [-0.2, 0) is 15.3 Å². The van der Waals surface area contributed by atoms with E-state index < -0.39 is 17.7 Å². The molecule has 1 aliphatic heterocycles. The molecule has 0 atom stereocenters. The zero-order chi connectivity index (χ0) is 27.3. The molecular formula is C26H26ClF3N4O4. The van der Waals surface area contributed by atoms with Crippen LogP contribution >= 0.6 is 11.6 Å². The maximum absolute atomic E-state index is 13.4. The summed E-state index contributed by atoms with van der Waals surface area (Å²) >= 11 is 5.96. The van der Waals surface area contributed by atoms with Crippen LogP contribution in [0.5, 0.6) is 11.5 Å². The molecule has 2 fully saturated rings. The fourth-order valence-electron chi connectivity index (χ4n) is 4.24. The summed E-state index contributed by atoms with van der Waals surface area (Å²) in [6.07, 6.45) is 3.35. The van der Waals surface area contributed by atoms with Gasteiger partial charge in [0.2, 0.25) is 5.66 Å². The second kappa shape index (κ2) is 11.5. The predicted octanol–water partition coefficient (Wildman–Crippen LogP) is 3.15. The van der Waals surface area contributed by atoms with Crippen molar-refractivity contribution >= 4 is 23.4 Å². The molecule has 0 unspecified atom stereocenters. The highest BCUT2D eigenvalue weighted by Gasteiger charge is 2.66. The van der Waals surface area contributed by atoms with Gasteiger partial charge in [-0.2, -0.15) is 13.2 Å². The zero-order valence-electron chi connectivity index (χ0n) is 20.2. The number of carbonyl (C=O) groups is 2. The molecule has 1 saturated heterocycles. The number of terminal acetylenes is 1. The van der Waals surface area contributed by atoms with Gasteiger partial charge in [0.15, 0.2) is 13.2 Å². The molecule has 1 heterocycles. The molecule has 0 aromatic heterocycles. The molecule has 2 aromatic carbocycles. The van der Waals surface area contributed by atoms with Crippen molar-refractivity contribution in [1.29, 1.82) is 0 Å². The van der Waals surface area contributed by atoms with Crippen molar-refractivity contribution < 1.29 is 32.2 Å². The molecule has 38 heavy (non-hydrogen) atoms. The maximum atomic E-state index is 13.4. The lowest BCUT2D eigenvalue weighted by Crippen LogP contribution is -2.45. The molecule has 1 aliphatic carbocycles. The van der Waals surface area contributed by atoms with E-state index in [1.807, 2.05) is 0 Å². The van der Waals surface area contributed by atoms with Crippen molar-refractivity contribution in [2.45, 2.75) is 49.6 Å². The molecule has 0 radical (unpaired) electrons. The molecule has 4 rings (SSSR count). The van der Waals surface area contributed by atoms with E-state index in [1.165, 1.54) is 12.1 Å². The molecule has 4 N–H and O–H groups in total. The predicted molar refractivity (Wildman–Crippen MR) is 133 cm³/mol. The van der Waals surface area contributed by atoms with E-state index in [-0.39, 0.29) is 47.5 Å². The average Bonchev–Trinajstić information content (AvgIpc) is 3.71. The van der Waals surface area contributed by atoms with E-state index in [2.05, 4.69) is 27.4 Å². The maximum Gasteiger partial charge on any atom is 0.426 e. The van der Waals surface area contributed by atoms with E-state index in [0.29, 0.717) is 31.4 Å². The molecular weight excluding hydrogens is 525 g/mol. The third-order valence-electron chi connectivity index (χ3n) is 6.36. The standard InChI is InChI=1S/C26H26ClF3N4O4/c1-2-16-3-9-19(10-4-16)37-14-23(35)31-17-5-7-18(8-6-17)32-24(36)15-38-20-11-12-22(27)21(13-20)25(33-34-25)26(28,29)30/h1,3-4,9-13,17-18,33-34H,5-8,14-15H2,(H,31,35)(H,32,36)/t17-,18-. The van der Waals surface area contributed by atoms with E-state index in [4.69, 9.17) is 27.5 Å². The summed E-state index contributed by atoms with van der Waals surface area (Å²) in [5, 5.41) is 5.71. The van der Waals surface area contributed by atoms with Gasteiger partial charge >= 0.3 is 6.18 Å². The molecule has 1 saturated carbocycles. The Hall–Kier alpha value is -3.46. The monoisotopic (exact) mass is 550 g/mol. The number of hydrogen-bond donors (Lipinski definition) is 4. The van der Waals surface area contributed by atoms with Crippen LogP contribution in [0.4, 0.5) is 13.2 Å². The van der Waals surface area contributed by atoms with Crippen LogP contribution in [0.3, 0.4) is 0 Å². The van der Waals surface area contributed by atoms with Crippen LogP contribution in [0.2, 0.25) is 5.02 Å². The number of halogens is 4. The molecule has 0 spiro atoms. The number of benzene rings is 2. The Morgan fingerprint density at radius 1 is 0.947 bits per heavy atom. The molecule has 2 aromatic rings. The Bertz CT molecular complexity index is 1200. The number of amides is 2. The number of nitrogens with one attached hydrogen (secondary N) is 4. The van der Waals surface area contributed by atoms with Crippen molar-refractivity contribution in [1.82, 2.24) is 21.5 Å². The minimum atomic E-state index is -4.62. The quantitative estimate of drug-likeness (QED) is 0.281. The summed E-state index contributed by atoms with van der Waals surface area (Å²) in [5.41, 5.74) is 2.23. The lowest BCUT2D eigenvalue weighted by molar-refractivity contribution is -0.165. The Morgan fingerprint density at radius 3 is 1.92 bits per heavy atom. The van der Waals surface area contributed by atoms with Gasteiger partial charge in [0.25, 0.3) is 11.8 Å². The van der Waals surface area contributed by atoms with Crippen molar-refractivity contribution in [2.75, 3.05) is 13.2 Å². The number of hydrazine groups is 1. The second-order valence-electron chi connectivity index (χ2n) is 9.07. The Balaban J connectivity index is 1.17. The highest BCUT2D eigenvalue weighted by Crippen LogP contribution is 2.45. The smallest absolute Gasteiger partial charge is 0.426 e. The highest BCUT2D eigenvalue weighted by atomic mass is 35.5. The summed E-state index contributed by atoms with van der Waals surface area (Å²) in [6.45, 7) is -0.483. The van der Waals surface area contributed by atoms with Gasteiger partial charge in [0, 0.05) is 28.2 Å². The fraction of sp³-hybridized carbons (Fsp3) is 0.385. The third kappa shape index (κ3) is 6.69. The third-order valence-corrected chi connectivity index (χ3v) is 6.69. The van der Waals surface area contributed by atoms with Crippen molar-refractivity contribution in [3.05, 3.63) is 58.6 Å². The Labute approximate surface area is 222 Å². The number of rotatable bonds is 9. The van der Waals surface area contributed by atoms with E-state index >= 15 is 0 Å². The number of alkyl halides is 3. The fourth-order valence-corrected chi connectivity index (χ4v) is 4.50. The lowest BCUT2D eigenvalue weighted by Gasteiger charge is -2.29. The molecule has 12 heteroatoms. The topological polar surface area (TPSA) is 121 Å². The summed E-state index contributed by atoms with van der Waals surface area (Å²) in [7, 11) is 0. The Morgan fingerprint density at radius 2 is 1.45 bits per heavy atom. The van der Waals surface area contributed by atoms with Crippen LogP contribution < -0.4 is 31.0 Å². The van der Waals surface area contributed by atoms with Crippen LogP contribution in [0, 0.1) is 12.3 Å². The lowest BCUT2D eigenvalue weighted by atomic mass is 9.91. The molecule has 2 amide bonds. The van der Waals surface area contributed by atoms with Crippen LogP contribution in [0.1, 0.15) is 36.8 Å². The van der Waals surface area contributed by atoms with Gasteiger partial charge in [-0.05, 0) is 68.1 Å². The first kappa shape index (κ1) is 27.6. The average molecular weight is 551 g/mol. The first-order valence-corrected chi connectivity index (χ1v) is 12.3. The zero-order valence-corrected chi connectivity index (χ0v) is 20.9. The minimum Gasteiger partial charge on any atom is -0.484 e. The van der Waals surface area contributed by atoms with Gasteiger partial charge in [-0.15, -0.1) is 6.42 Å². The van der Waals surface area contributed by atoms with E-state index in [1.54, 1.807) is 24.3 Å². The summed E-state index contributed by atoms with van der Waals surface area (Å²) in [4.78, 5) is 24.6. The first-order chi connectivity index (χ1) is 18.1. The van der Waals surface area contributed by atoms with Crippen molar-refractivity contribution in [3.8, 4) is 23.8 Å². The summed E-state index contributed by atoms with van der Waals surface area (Å²) in [5.74, 6) is 2.50. The van der Waals surface area contributed by atoms with Crippen LogP contribution in [-0.4, -0.2) is 43.3 Å². The van der Waals surface area contributed by atoms with E-state index in [0.717, 1.165) is 11.6 Å². The van der Waals surface area contributed by atoms with Crippen molar-refractivity contribution in [2.24, 2.45) is 0 Å². The second-order valence-corrected chi connectivity index (χ2v) is 9.48. The highest BCUT2D eigenvalue weighted by molar-refractivity contribution is 6.31. The molecule has 0 bridgehead atoms. The minimum absolute atomic E-state index is 0.0302. The normalized spacial score (nSPS) is 20.1. The Kier molecular flexibility index (Phi) is 8.35. The SMILES string of the molecule is C#Cc1ccc(OCC(=O)N[C@H]2CC[C@H](NC(=O)COc3ccc(Cl)c(C4(C(F)(F)F)NN4)c3)CC2)cc1. The number of hydrogen-bond acceptors (Lipinski definition) is 6. The van der Waals surface area contributed by atoms with Crippen LogP contribution in [0.25, 0.3) is 0 Å². The van der Waals surface area contributed by atoms with Gasteiger partial charge in [0.05, 0.1) is 0 Å². The number of ether oxygens (including phenoxy) is 2. The summed E-state index contributed by atoms with van der Waals surface area (Å²) in [6, 6.07) is 10.6. The van der Waals surface area contributed by atoms with Crippen molar-refractivity contribution in [3.63, 3.8) is 0 Å². The van der Waals surface area contributed by atoms with Gasteiger partial charge in [-0.3, -0.25) is 9.59 Å². The van der Waals surface area contributed by atoms with Gasteiger partial charge in [0.1, 0.15) is 11.5 Å². The molecule has 2 aliphatic rings. The molecule has 8 nitrogen and oxygen atoms in total. The number of carbonyl (C=O) groups excluding carboxylic acids is 2. The summed E-state index contributed by atoms with van der Waals surface area (Å²) < 4.78 is 51.0. The van der Waals surface area contributed by atoms with Gasteiger partial charge < -0.3 is 20.1 Å². The van der Waals surface area contributed by atoms with Crippen LogP contribution in [0.15, 0.2) is 42.5 Å². The molecule has 202 valence electrons.